The number of aromatic nitrogens is 3. The summed E-state index contributed by atoms with van der Waals surface area (Å²) in [5.74, 6) is 0.888. The first-order chi connectivity index (χ1) is 31.5. The van der Waals surface area contributed by atoms with Crippen LogP contribution in [0.15, 0.2) is 168 Å². The molecule has 1 aliphatic rings. The lowest BCUT2D eigenvalue weighted by molar-refractivity contribution is 0.591. The average molecular weight is 665 g/mol. The molecule has 0 aliphatic heterocycles. The molecule has 1 aliphatic carbocycles. The second-order valence-corrected chi connectivity index (χ2v) is 12.4. The van der Waals surface area contributed by atoms with Crippen LogP contribution in [0.3, 0.4) is 0 Å². The topological polar surface area (TPSA) is 35.9 Å². The molecule has 0 saturated heterocycles. The van der Waals surface area contributed by atoms with Crippen molar-refractivity contribution in [2.45, 2.75) is 0 Å². The van der Waals surface area contributed by atoms with Crippen molar-refractivity contribution in [3.63, 3.8) is 0 Å². The summed E-state index contributed by atoms with van der Waals surface area (Å²) >= 11 is 0. The van der Waals surface area contributed by atoms with E-state index in [0.717, 1.165) is 31.9 Å². The number of benzene rings is 8. The highest BCUT2D eigenvalue weighted by Gasteiger charge is 2.30. The van der Waals surface area contributed by atoms with Gasteiger partial charge >= 0.3 is 0 Å². The molecule has 51 heavy (non-hydrogen) atoms. The Hall–Kier alpha value is -6.91. The molecule has 0 saturated carbocycles. The first-order valence-corrected chi connectivity index (χ1v) is 16.2. The lowest BCUT2D eigenvalue weighted by Gasteiger charge is -2.12. The van der Waals surface area contributed by atoms with E-state index in [2.05, 4.69) is 0 Å². The van der Waals surface area contributed by atoms with Gasteiger partial charge < -0.3 is 13.6 Å². The second-order valence-electron chi connectivity index (χ2n) is 12.4. The predicted molar refractivity (Wildman–Crippen MR) is 210 cm³/mol. The summed E-state index contributed by atoms with van der Waals surface area (Å²) in [5.41, 5.74) is 1.55. The van der Waals surface area contributed by atoms with Crippen LogP contribution >= 0.6 is 0 Å². The molecular formula is C47H27N3O. The highest BCUT2D eigenvalue weighted by molar-refractivity contribution is 6.20. The fraction of sp³-hybridized carbons (Fsp3) is 0. The van der Waals surface area contributed by atoms with Crippen LogP contribution in [0.25, 0.3) is 111 Å². The number of hydrogen-bond acceptors (Lipinski definition) is 2. The largest absolute Gasteiger partial charge is 0.435 e. The summed E-state index contributed by atoms with van der Waals surface area (Å²) in [4.78, 5) is 5.05. The molecule has 11 aromatic rings. The minimum Gasteiger partial charge on any atom is -0.435 e. The summed E-state index contributed by atoms with van der Waals surface area (Å²) in [6.07, 6.45) is 0. The normalized spacial score (nSPS) is 16.4. The molecule has 0 bridgehead atoms. The van der Waals surface area contributed by atoms with Crippen molar-refractivity contribution in [2.75, 3.05) is 0 Å². The molecule has 3 aromatic heterocycles. The highest BCUT2D eigenvalue weighted by Crippen LogP contribution is 2.50. The van der Waals surface area contributed by atoms with E-state index in [4.69, 9.17) is 24.5 Å². The Kier molecular flexibility index (Phi) is 3.21. The van der Waals surface area contributed by atoms with E-state index < -0.39 is 96.3 Å². The maximum Gasteiger partial charge on any atom is 0.227 e. The van der Waals surface area contributed by atoms with E-state index >= 15 is 0 Å². The molecule has 4 nitrogen and oxygen atoms in total. The number of oxazole rings is 1. The van der Waals surface area contributed by atoms with Gasteiger partial charge in [0.15, 0.2) is 5.76 Å². The van der Waals surface area contributed by atoms with Gasteiger partial charge in [-0.2, -0.15) is 0 Å². The van der Waals surface area contributed by atoms with Gasteiger partial charge in [0.2, 0.25) is 5.89 Å². The van der Waals surface area contributed by atoms with Crippen LogP contribution in [0.5, 0.6) is 0 Å². The summed E-state index contributed by atoms with van der Waals surface area (Å²) in [7, 11) is 0. The van der Waals surface area contributed by atoms with Gasteiger partial charge in [-0.25, -0.2) is 4.98 Å². The van der Waals surface area contributed by atoms with Gasteiger partial charge in [-0.1, -0.05) is 109 Å². The molecule has 4 heteroatoms. The van der Waals surface area contributed by atoms with Crippen molar-refractivity contribution in [2.24, 2.45) is 0 Å². The lowest BCUT2D eigenvalue weighted by atomic mass is 10.0. The first-order valence-electron chi connectivity index (χ1n) is 23.7. The van der Waals surface area contributed by atoms with Crippen molar-refractivity contribution in [3.05, 3.63) is 163 Å². The summed E-state index contributed by atoms with van der Waals surface area (Å²) in [6, 6.07) is 13.3. The minimum atomic E-state index is -0.747. The third-order valence-electron chi connectivity index (χ3n) is 9.77. The maximum atomic E-state index is 10.2. The minimum absolute atomic E-state index is 0.0938. The van der Waals surface area contributed by atoms with Crippen LogP contribution in [0.2, 0.25) is 0 Å². The Balaban J connectivity index is 1.27. The quantitative estimate of drug-likeness (QED) is 0.188. The molecule has 0 unspecified atom stereocenters. The molecule has 236 valence electrons. The van der Waals surface area contributed by atoms with Crippen LogP contribution in [-0.2, 0) is 0 Å². The standard InChI is InChI=1S/C47H27N3O/c1-2-15-30(16-3-1)49-40-22-8-6-18-33(40)37-26-38-34-19-7-9-23-41(34)50(43(38)27-42(37)49)31-24-29-14-11-21-36-44(29)39(25-31)45-46(36)51-47(48-45)35-20-10-13-28-12-4-5-17-32(28)35/h1-27H/i1D,2D,3D,6D,7D,8D,9D,15D,16D,18D,19D,22D,23D,26D,27D. The smallest absolute Gasteiger partial charge is 0.227 e. The van der Waals surface area contributed by atoms with Crippen LogP contribution in [-0.4, -0.2) is 14.1 Å². The molecule has 12 rings (SSSR count). The zero-order chi connectivity index (χ0) is 46.3. The van der Waals surface area contributed by atoms with Crippen LogP contribution in [0.1, 0.15) is 20.6 Å². The van der Waals surface area contributed by atoms with Gasteiger partial charge in [-0.05, 0) is 70.6 Å². The van der Waals surface area contributed by atoms with E-state index in [1.165, 1.54) is 4.57 Å². The van der Waals surface area contributed by atoms with Crippen LogP contribution in [0, 0.1) is 0 Å². The van der Waals surface area contributed by atoms with Gasteiger partial charge in [0, 0.05) is 55.0 Å². The van der Waals surface area contributed by atoms with E-state index in [9.17, 15) is 5.48 Å². The first kappa shape index (κ1) is 16.7. The Morgan fingerprint density at radius 3 is 1.92 bits per heavy atom. The second kappa shape index (κ2) is 9.84. The SMILES string of the molecule is [2H]c1c([2H])c([2H])c(-n2c3c([2H])c([2H])c([2H])c([2H])c3c3c([2H])c4c5c([2H])c([2H])c([2H])c([2H])c5n(-c5cc6c7c(cccc7c5)-c5oc(-c7cccc8ccccc78)nc5-6)c4c([2H])c32)c([2H])c1[2H]. The molecule has 3 heterocycles. The van der Waals surface area contributed by atoms with Crippen molar-refractivity contribution < 1.29 is 25.0 Å². The van der Waals surface area contributed by atoms with Crippen LogP contribution in [0.4, 0.5) is 0 Å². The summed E-state index contributed by atoms with van der Waals surface area (Å²) in [5, 5.41) is 2.62. The van der Waals surface area contributed by atoms with Gasteiger partial charge in [0.1, 0.15) is 5.69 Å². The third-order valence-corrected chi connectivity index (χ3v) is 9.77. The number of hydrogen-bond donors (Lipinski definition) is 0. The Bertz CT molecular complexity index is 4100. The van der Waals surface area contributed by atoms with E-state index in [0.29, 0.717) is 34.0 Å². The van der Waals surface area contributed by atoms with Gasteiger partial charge in [0.05, 0.1) is 42.6 Å². The van der Waals surface area contributed by atoms with E-state index in [1.54, 1.807) is 12.1 Å². The lowest BCUT2D eigenvalue weighted by Crippen LogP contribution is -1.96. The Morgan fingerprint density at radius 2 is 1.14 bits per heavy atom. The van der Waals surface area contributed by atoms with E-state index in [1.807, 2.05) is 60.7 Å². The maximum absolute atomic E-state index is 10.2. The van der Waals surface area contributed by atoms with Gasteiger partial charge in [0.25, 0.3) is 0 Å². The Labute approximate surface area is 313 Å². The predicted octanol–water partition coefficient (Wildman–Crippen LogP) is 12.5. The highest BCUT2D eigenvalue weighted by atomic mass is 16.4. The van der Waals surface area contributed by atoms with Crippen molar-refractivity contribution in [3.8, 4) is 45.4 Å². The van der Waals surface area contributed by atoms with Crippen molar-refractivity contribution >= 4 is 65.2 Å². The van der Waals surface area contributed by atoms with Crippen molar-refractivity contribution in [1.29, 1.82) is 0 Å². The number of nitrogens with zero attached hydrogens (tertiary/aromatic N) is 3. The number of fused-ring (bicyclic) bond motifs is 10. The molecule has 0 atom stereocenters. The summed E-state index contributed by atoms with van der Waals surface area (Å²) < 4.78 is 144. The molecule has 0 spiro atoms. The fourth-order valence-corrected chi connectivity index (χ4v) is 7.68. The molecule has 8 aromatic carbocycles. The molecule has 0 radical (unpaired) electrons. The third kappa shape index (κ3) is 3.60. The van der Waals surface area contributed by atoms with E-state index in [-0.39, 0.29) is 43.6 Å². The average Bonchev–Trinajstić information content (AvgIpc) is 4.09. The molecule has 0 amide bonds. The number of para-hydroxylation sites is 3. The molecule has 0 fully saturated rings. The van der Waals surface area contributed by atoms with Crippen LogP contribution < -0.4 is 0 Å². The van der Waals surface area contributed by atoms with Gasteiger partial charge in [-0.3, -0.25) is 0 Å². The zero-order valence-electron chi connectivity index (χ0n) is 41.2. The Morgan fingerprint density at radius 1 is 0.490 bits per heavy atom. The summed E-state index contributed by atoms with van der Waals surface area (Å²) in [6.45, 7) is 0. The molecular weight excluding hydrogens is 623 g/mol. The zero-order valence-corrected chi connectivity index (χ0v) is 26.2. The fourth-order valence-electron chi connectivity index (χ4n) is 7.68. The monoisotopic (exact) mass is 664 g/mol. The number of rotatable bonds is 3. The molecule has 0 N–H and O–H groups in total. The van der Waals surface area contributed by atoms with Crippen molar-refractivity contribution in [1.82, 2.24) is 14.1 Å². The van der Waals surface area contributed by atoms with Gasteiger partial charge in [-0.15, -0.1) is 0 Å².